The van der Waals surface area contributed by atoms with Crippen LogP contribution in [0.2, 0.25) is 5.02 Å². The topological polar surface area (TPSA) is 63.1 Å². The molecule has 1 unspecified atom stereocenters. The zero-order valence-corrected chi connectivity index (χ0v) is 17.3. The van der Waals surface area contributed by atoms with Crippen LogP contribution in [0.25, 0.3) is 0 Å². The zero-order valence-electron chi connectivity index (χ0n) is 16.5. The number of quaternary nitrogens is 1. The van der Waals surface area contributed by atoms with Gasteiger partial charge in [0, 0.05) is 17.6 Å². The molecule has 6 nitrogen and oxygen atoms in total. The summed E-state index contributed by atoms with van der Waals surface area (Å²) in [5.74, 6) is 0.493. The minimum absolute atomic E-state index is 0.120. The molecule has 0 radical (unpaired) electrons. The molecular weight excluding hydrogens is 366 g/mol. The average molecular weight is 397 g/mol. The molecule has 2 rings (SSSR count). The molecule has 0 aliphatic heterocycles. The third-order valence-corrected chi connectivity index (χ3v) is 5.26. The van der Waals surface area contributed by atoms with Crippen molar-refractivity contribution in [1.29, 1.82) is 0 Å². The molecule has 1 aromatic carbocycles. The van der Waals surface area contributed by atoms with E-state index in [2.05, 4.69) is 5.32 Å². The number of carbonyl (C=O) groups is 2. The lowest BCUT2D eigenvalue weighted by molar-refractivity contribution is -0.862. The van der Waals surface area contributed by atoms with Gasteiger partial charge in [-0.15, -0.1) is 0 Å². The van der Waals surface area contributed by atoms with Gasteiger partial charge in [-0.2, -0.15) is 0 Å². The Bertz CT molecular complexity index is 647. The van der Waals surface area contributed by atoms with Crippen LogP contribution in [0, 0.1) is 0 Å². The van der Waals surface area contributed by atoms with Crippen LogP contribution in [0.4, 0.5) is 5.69 Å². The maximum absolute atomic E-state index is 12.7. The number of hydrogen-bond donors (Lipinski definition) is 2. The van der Waals surface area contributed by atoms with Crippen LogP contribution in [-0.4, -0.2) is 56.5 Å². The number of amides is 2. The van der Waals surface area contributed by atoms with E-state index in [1.165, 1.54) is 19.3 Å². The number of rotatable bonds is 8. The number of anilines is 1. The van der Waals surface area contributed by atoms with Crippen molar-refractivity contribution in [3.8, 4) is 5.75 Å². The molecule has 0 bridgehead atoms. The molecule has 2 N–H and O–H groups in total. The fraction of sp³-hybridized carbons (Fsp3) is 0.600. The van der Waals surface area contributed by atoms with Crippen molar-refractivity contribution in [2.45, 2.75) is 45.1 Å². The van der Waals surface area contributed by atoms with Gasteiger partial charge in [-0.25, -0.2) is 0 Å². The molecule has 27 heavy (non-hydrogen) atoms. The summed E-state index contributed by atoms with van der Waals surface area (Å²) in [6, 6.07) is 5.42. The first-order chi connectivity index (χ1) is 12.9. The van der Waals surface area contributed by atoms with Crippen molar-refractivity contribution >= 4 is 29.1 Å². The molecule has 0 saturated heterocycles. The van der Waals surface area contributed by atoms with Gasteiger partial charge in [0.2, 0.25) is 0 Å². The van der Waals surface area contributed by atoms with Gasteiger partial charge in [0.1, 0.15) is 5.75 Å². The lowest BCUT2D eigenvalue weighted by Crippen LogP contribution is -3.11. The van der Waals surface area contributed by atoms with Crippen molar-refractivity contribution in [3.63, 3.8) is 0 Å². The largest absolute Gasteiger partial charge is 0.495 e. The second-order valence-corrected chi connectivity index (χ2v) is 7.61. The number of benzene rings is 1. The highest BCUT2D eigenvalue weighted by atomic mass is 35.5. The highest BCUT2D eigenvalue weighted by Gasteiger charge is 2.26. The van der Waals surface area contributed by atoms with E-state index in [9.17, 15) is 9.59 Å². The van der Waals surface area contributed by atoms with Gasteiger partial charge < -0.3 is 19.9 Å². The molecule has 2 amide bonds. The summed E-state index contributed by atoms with van der Waals surface area (Å²) in [5, 5.41) is 3.34. The van der Waals surface area contributed by atoms with E-state index in [-0.39, 0.29) is 18.4 Å². The molecule has 1 aliphatic carbocycles. The number of nitrogens with zero attached hydrogens (tertiary/aromatic N) is 1. The highest BCUT2D eigenvalue weighted by Crippen LogP contribution is 2.27. The van der Waals surface area contributed by atoms with Crippen LogP contribution in [0.15, 0.2) is 18.2 Å². The van der Waals surface area contributed by atoms with Gasteiger partial charge in [0.05, 0.1) is 19.8 Å². The minimum Gasteiger partial charge on any atom is -0.495 e. The fourth-order valence-electron chi connectivity index (χ4n) is 3.70. The van der Waals surface area contributed by atoms with E-state index in [1.807, 2.05) is 18.9 Å². The van der Waals surface area contributed by atoms with Crippen LogP contribution < -0.4 is 15.0 Å². The van der Waals surface area contributed by atoms with Gasteiger partial charge in [-0.3, -0.25) is 9.59 Å². The number of nitrogens with one attached hydrogen (secondary N) is 2. The molecule has 1 aliphatic rings. The van der Waals surface area contributed by atoms with Crippen LogP contribution in [0.5, 0.6) is 5.75 Å². The molecule has 0 aromatic heterocycles. The van der Waals surface area contributed by atoms with Gasteiger partial charge in [0.15, 0.2) is 13.1 Å². The summed E-state index contributed by atoms with van der Waals surface area (Å²) in [6.07, 6.45) is 5.84. The van der Waals surface area contributed by atoms with Gasteiger partial charge in [-0.05, 0) is 38.0 Å². The first-order valence-corrected chi connectivity index (χ1v) is 10.1. The second-order valence-electron chi connectivity index (χ2n) is 7.18. The molecule has 1 aromatic rings. The van der Waals surface area contributed by atoms with Crippen molar-refractivity contribution in [3.05, 3.63) is 23.2 Å². The number of carbonyl (C=O) groups excluding carboxylic acids is 2. The van der Waals surface area contributed by atoms with Crippen LogP contribution >= 0.6 is 11.6 Å². The number of halogens is 1. The monoisotopic (exact) mass is 396 g/mol. The van der Waals surface area contributed by atoms with E-state index in [4.69, 9.17) is 16.3 Å². The molecule has 150 valence electrons. The summed E-state index contributed by atoms with van der Waals surface area (Å²) < 4.78 is 5.24. The van der Waals surface area contributed by atoms with Gasteiger partial charge in [-0.1, -0.05) is 30.9 Å². The molecule has 1 atom stereocenters. The van der Waals surface area contributed by atoms with E-state index in [0.717, 1.165) is 24.3 Å². The Morgan fingerprint density at radius 3 is 2.59 bits per heavy atom. The second kappa shape index (κ2) is 10.5. The van der Waals surface area contributed by atoms with Crippen LogP contribution in [0.3, 0.4) is 0 Å². The molecule has 0 spiro atoms. The Morgan fingerprint density at radius 2 is 1.96 bits per heavy atom. The Morgan fingerprint density at radius 1 is 1.26 bits per heavy atom. The molecular formula is C20H31ClN3O3+. The first-order valence-electron chi connectivity index (χ1n) is 9.68. The predicted octanol–water partition coefficient (Wildman–Crippen LogP) is 1.98. The lowest BCUT2D eigenvalue weighted by Gasteiger charge is -2.33. The Hall–Kier alpha value is -1.79. The summed E-state index contributed by atoms with van der Waals surface area (Å²) in [4.78, 5) is 27.9. The van der Waals surface area contributed by atoms with Crippen molar-refractivity contribution in [1.82, 2.24) is 4.90 Å². The SMILES string of the molecule is CCN(C(=O)C[NH+](C)CC(=O)Nc1cc(Cl)ccc1OC)C1CCCCC1. The van der Waals surface area contributed by atoms with E-state index in [1.54, 1.807) is 25.3 Å². The summed E-state index contributed by atoms with van der Waals surface area (Å²) in [6.45, 7) is 3.26. The summed E-state index contributed by atoms with van der Waals surface area (Å²) >= 11 is 5.99. The van der Waals surface area contributed by atoms with Crippen LogP contribution in [0.1, 0.15) is 39.0 Å². The quantitative estimate of drug-likeness (QED) is 0.706. The number of ether oxygens (including phenoxy) is 1. The normalized spacial score (nSPS) is 15.9. The Balaban J connectivity index is 1.88. The Kier molecular flexibility index (Phi) is 8.38. The standard InChI is InChI=1S/C20H30ClN3O3/c1-4-24(16-8-6-5-7-9-16)20(26)14-23(2)13-19(25)22-17-12-15(21)10-11-18(17)27-3/h10-12,16H,4-9,13-14H2,1-3H3,(H,22,25)/p+1. The van der Waals surface area contributed by atoms with Crippen molar-refractivity contribution in [2.24, 2.45) is 0 Å². The number of hydrogen-bond acceptors (Lipinski definition) is 3. The lowest BCUT2D eigenvalue weighted by atomic mass is 9.94. The predicted molar refractivity (Wildman–Crippen MR) is 108 cm³/mol. The van der Waals surface area contributed by atoms with Crippen molar-refractivity contribution in [2.75, 3.05) is 39.1 Å². The first kappa shape index (κ1) is 21.5. The molecule has 7 heteroatoms. The van der Waals surface area contributed by atoms with E-state index < -0.39 is 0 Å². The summed E-state index contributed by atoms with van der Waals surface area (Å²) in [5.41, 5.74) is 0.534. The fourth-order valence-corrected chi connectivity index (χ4v) is 3.87. The summed E-state index contributed by atoms with van der Waals surface area (Å²) in [7, 11) is 3.40. The smallest absolute Gasteiger partial charge is 0.279 e. The third-order valence-electron chi connectivity index (χ3n) is 5.03. The van der Waals surface area contributed by atoms with Crippen LogP contribution in [-0.2, 0) is 9.59 Å². The van der Waals surface area contributed by atoms with Gasteiger partial charge in [0.25, 0.3) is 11.8 Å². The minimum atomic E-state index is -0.179. The van der Waals surface area contributed by atoms with E-state index >= 15 is 0 Å². The number of likely N-dealkylation sites (N-methyl/N-ethyl adjacent to an activating group) is 2. The molecule has 0 heterocycles. The van der Waals surface area contributed by atoms with Crippen molar-refractivity contribution < 1.29 is 19.2 Å². The molecule has 1 fully saturated rings. The highest BCUT2D eigenvalue weighted by molar-refractivity contribution is 6.31. The van der Waals surface area contributed by atoms with E-state index in [0.29, 0.717) is 29.0 Å². The third kappa shape index (κ3) is 6.40. The number of methoxy groups -OCH3 is 1. The Labute approximate surface area is 166 Å². The van der Waals surface area contributed by atoms with Gasteiger partial charge >= 0.3 is 0 Å². The zero-order chi connectivity index (χ0) is 19.8. The molecule has 1 saturated carbocycles. The average Bonchev–Trinajstić information content (AvgIpc) is 2.63. The maximum atomic E-state index is 12.7. The maximum Gasteiger partial charge on any atom is 0.279 e.